The second-order valence-corrected chi connectivity index (χ2v) is 7.41. The summed E-state index contributed by atoms with van der Waals surface area (Å²) < 4.78 is 11.2. The third-order valence-electron chi connectivity index (χ3n) is 2.53. The highest BCUT2D eigenvalue weighted by atomic mass is 31.1. The zero-order valence-corrected chi connectivity index (χ0v) is 10.9. The number of benzene rings is 1. The predicted octanol–water partition coefficient (Wildman–Crippen LogP) is 2.45. The van der Waals surface area contributed by atoms with E-state index in [0.29, 0.717) is 13.2 Å². The lowest BCUT2D eigenvalue weighted by Crippen LogP contribution is -2.25. The Morgan fingerprint density at radius 2 is 1.88 bits per heavy atom. The summed E-state index contributed by atoms with van der Waals surface area (Å²) in [5.74, 6) is 1.67. The fraction of sp³-hybridized carbons (Fsp3) is 0.500. The van der Waals surface area contributed by atoms with Gasteiger partial charge in [0.25, 0.3) is 0 Å². The summed E-state index contributed by atoms with van der Waals surface area (Å²) in [5, 5.41) is 1.17. The summed E-state index contributed by atoms with van der Waals surface area (Å²) >= 11 is 0. The highest BCUT2D eigenvalue weighted by Gasteiger charge is 2.26. The van der Waals surface area contributed by atoms with Gasteiger partial charge in [-0.3, -0.25) is 0 Å². The molecule has 0 amide bonds. The summed E-state index contributed by atoms with van der Waals surface area (Å²) in [5.41, 5.74) is 0. The van der Waals surface area contributed by atoms with Crippen LogP contribution in [0.4, 0.5) is 0 Å². The Morgan fingerprint density at radius 1 is 1.19 bits per heavy atom. The highest BCUT2D eigenvalue weighted by molar-refractivity contribution is 7.89. The third kappa shape index (κ3) is 2.20. The zero-order chi connectivity index (χ0) is 11.8. The van der Waals surface area contributed by atoms with E-state index in [9.17, 15) is 0 Å². The summed E-state index contributed by atoms with van der Waals surface area (Å²) in [4.78, 5) is 0. The van der Waals surface area contributed by atoms with Crippen molar-refractivity contribution in [2.24, 2.45) is 0 Å². The van der Waals surface area contributed by atoms with Gasteiger partial charge in [-0.05, 0) is 11.2 Å². The van der Waals surface area contributed by atoms with Crippen LogP contribution >= 0.6 is 7.80 Å². The first kappa shape index (κ1) is 11.8. The third-order valence-corrected chi connectivity index (χ3v) is 4.84. The van der Waals surface area contributed by atoms with Gasteiger partial charge in [0.2, 0.25) is 0 Å². The Bertz CT molecular complexity index is 387. The van der Waals surface area contributed by atoms with Crippen LogP contribution in [0, 0.1) is 0 Å². The van der Waals surface area contributed by atoms with Gasteiger partial charge >= 0.3 is 0 Å². The molecule has 1 heterocycles. The van der Waals surface area contributed by atoms with Crippen LogP contribution in [0.25, 0.3) is 0 Å². The van der Waals surface area contributed by atoms with Crippen LogP contribution in [0.2, 0.25) is 0 Å². The molecule has 0 spiro atoms. The van der Waals surface area contributed by atoms with E-state index in [4.69, 9.17) is 17.0 Å². The average molecular weight is 234 g/mol. The quantitative estimate of drug-likeness (QED) is 0.548. The fourth-order valence-corrected chi connectivity index (χ4v) is 2.97. The molecule has 1 aromatic carbocycles. The molecule has 1 aromatic rings. The van der Waals surface area contributed by atoms with Crippen molar-refractivity contribution < 1.29 is 9.47 Å². The minimum atomic E-state index is -0.736. The molecule has 0 aliphatic carbocycles. The summed E-state index contributed by atoms with van der Waals surface area (Å²) in [6, 6.07) is 5.96. The van der Waals surface area contributed by atoms with E-state index in [1.165, 1.54) is 0 Å². The topological polar surface area (TPSA) is 18.5 Å². The van der Waals surface area contributed by atoms with Crippen molar-refractivity contribution in [1.82, 2.24) is 0 Å². The SMILES string of the molecule is [B]P(c1cccc2c1OCCO2)C(C)(C)C. The molecule has 2 nitrogen and oxygen atoms in total. The van der Waals surface area contributed by atoms with Crippen LogP contribution < -0.4 is 14.8 Å². The van der Waals surface area contributed by atoms with E-state index < -0.39 is 7.80 Å². The summed E-state index contributed by atoms with van der Waals surface area (Å²) in [6.45, 7) is 7.69. The standard InChI is InChI=1S/C12H16BO2P/c1-12(2,3)16(13)10-6-4-5-9-11(10)15-8-7-14-9/h4-6H,7-8H2,1-3H3. The van der Waals surface area contributed by atoms with Crippen molar-refractivity contribution >= 4 is 20.7 Å². The maximum atomic E-state index is 6.33. The zero-order valence-electron chi connectivity index (χ0n) is 9.99. The molecule has 0 saturated carbocycles. The van der Waals surface area contributed by atoms with Gasteiger partial charge in [0, 0.05) is 5.30 Å². The molecule has 0 fully saturated rings. The molecular formula is C12H16BO2P. The number of hydrogen-bond donors (Lipinski definition) is 0. The Kier molecular flexibility index (Phi) is 3.16. The Hall–Kier alpha value is -0.685. The molecule has 16 heavy (non-hydrogen) atoms. The van der Waals surface area contributed by atoms with Crippen molar-refractivity contribution in [2.45, 2.75) is 25.9 Å². The van der Waals surface area contributed by atoms with E-state index in [1.807, 2.05) is 18.2 Å². The van der Waals surface area contributed by atoms with Gasteiger partial charge in [0.1, 0.15) is 20.8 Å². The van der Waals surface area contributed by atoms with Crippen LogP contribution in [0.5, 0.6) is 11.5 Å². The fourth-order valence-electron chi connectivity index (χ4n) is 1.61. The molecule has 2 radical (unpaired) electrons. The maximum Gasteiger partial charge on any atom is 0.168 e. The minimum Gasteiger partial charge on any atom is -0.486 e. The van der Waals surface area contributed by atoms with Crippen molar-refractivity contribution in [1.29, 1.82) is 0 Å². The first-order chi connectivity index (χ1) is 7.50. The molecule has 4 heteroatoms. The molecule has 1 aliphatic rings. The van der Waals surface area contributed by atoms with E-state index in [0.717, 1.165) is 16.8 Å². The highest BCUT2D eigenvalue weighted by Crippen LogP contribution is 2.48. The predicted molar refractivity (Wildman–Crippen MR) is 69.5 cm³/mol. The van der Waals surface area contributed by atoms with Crippen LogP contribution in [0.1, 0.15) is 20.8 Å². The molecule has 1 unspecified atom stereocenters. The van der Waals surface area contributed by atoms with E-state index in [2.05, 4.69) is 20.8 Å². The molecule has 0 N–H and O–H groups in total. The number of ether oxygens (including phenoxy) is 2. The maximum absolute atomic E-state index is 6.33. The smallest absolute Gasteiger partial charge is 0.168 e. The van der Waals surface area contributed by atoms with Crippen molar-refractivity contribution in [2.75, 3.05) is 13.2 Å². The van der Waals surface area contributed by atoms with Gasteiger partial charge in [-0.15, -0.1) is 7.80 Å². The van der Waals surface area contributed by atoms with Crippen molar-refractivity contribution in [3.8, 4) is 11.5 Å². The molecule has 0 saturated heterocycles. The molecule has 0 bridgehead atoms. The lowest BCUT2D eigenvalue weighted by molar-refractivity contribution is 0.173. The van der Waals surface area contributed by atoms with Gasteiger partial charge in [-0.1, -0.05) is 32.9 Å². The first-order valence-electron chi connectivity index (χ1n) is 5.44. The van der Waals surface area contributed by atoms with Gasteiger partial charge < -0.3 is 9.47 Å². The second-order valence-electron chi connectivity index (χ2n) is 4.84. The van der Waals surface area contributed by atoms with E-state index >= 15 is 0 Å². The molecule has 0 aromatic heterocycles. The van der Waals surface area contributed by atoms with Crippen LogP contribution in [0.3, 0.4) is 0 Å². The lowest BCUT2D eigenvalue weighted by Gasteiger charge is -2.32. The van der Waals surface area contributed by atoms with Crippen LogP contribution in [-0.4, -0.2) is 25.9 Å². The molecule has 2 rings (SSSR count). The largest absolute Gasteiger partial charge is 0.486 e. The second kappa shape index (κ2) is 4.29. The lowest BCUT2D eigenvalue weighted by atomic mass is 10.2. The van der Waals surface area contributed by atoms with E-state index in [1.54, 1.807) is 0 Å². The number of rotatable bonds is 1. The Morgan fingerprint density at radius 3 is 2.56 bits per heavy atom. The van der Waals surface area contributed by atoms with Crippen LogP contribution in [-0.2, 0) is 0 Å². The normalized spacial score (nSPS) is 16.9. The molecule has 1 atom stereocenters. The molecule has 84 valence electrons. The minimum absolute atomic E-state index is 0.0747. The van der Waals surface area contributed by atoms with Gasteiger partial charge in [0.05, 0.1) is 0 Å². The summed E-state index contributed by atoms with van der Waals surface area (Å²) in [7, 11) is 5.59. The number of fused-ring (bicyclic) bond motifs is 1. The van der Waals surface area contributed by atoms with Crippen LogP contribution in [0.15, 0.2) is 18.2 Å². The Labute approximate surface area is 99.5 Å². The average Bonchev–Trinajstić information content (AvgIpc) is 2.26. The van der Waals surface area contributed by atoms with E-state index in [-0.39, 0.29) is 5.16 Å². The summed E-state index contributed by atoms with van der Waals surface area (Å²) in [6.07, 6.45) is 0. The van der Waals surface area contributed by atoms with Gasteiger partial charge in [-0.25, -0.2) is 0 Å². The molecule has 1 aliphatic heterocycles. The van der Waals surface area contributed by atoms with Crippen molar-refractivity contribution in [3.63, 3.8) is 0 Å². The Balaban J connectivity index is 2.41. The van der Waals surface area contributed by atoms with Gasteiger partial charge in [0.15, 0.2) is 11.5 Å². The first-order valence-corrected chi connectivity index (χ1v) is 6.85. The number of hydrogen-bond acceptors (Lipinski definition) is 2. The number of para-hydroxylation sites is 1. The van der Waals surface area contributed by atoms with Gasteiger partial charge in [-0.2, -0.15) is 0 Å². The monoisotopic (exact) mass is 234 g/mol. The van der Waals surface area contributed by atoms with Crippen molar-refractivity contribution in [3.05, 3.63) is 18.2 Å². The molecular weight excluding hydrogens is 218 g/mol.